The molecule has 0 amide bonds. The molecule has 4 heteroatoms. The molecule has 1 aromatic carbocycles. The van der Waals surface area contributed by atoms with Gasteiger partial charge in [0.1, 0.15) is 5.75 Å². The second-order valence-corrected chi connectivity index (χ2v) is 4.65. The summed E-state index contributed by atoms with van der Waals surface area (Å²) in [5.41, 5.74) is 9.58. The molecule has 1 aliphatic heterocycles. The average molecular weight is 250 g/mol. The van der Waals surface area contributed by atoms with Crippen LogP contribution in [-0.2, 0) is 17.6 Å². The SMILES string of the molecule is COCCN1CCc2ccc(OC)c(N)c2CC1. The van der Waals surface area contributed by atoms with Gasteiger partial charge in [0, 0.05) is 26.7 Å². The molecular weight excluding hydrogens is 228 g/mol. The summed E-state index contributed by atoms with van der Waals surface area (Å²) < 4.78 is 10.4. The van der Waals surface area contributed by atoms with Crippen LogP contribution in [-0.4, -0.2) is 45.4 Å². The summed E-state index contributed by atoms with van der Waals surface area (Å²) in [6.45, 7) is 3.88. The van der Waals surface area contributed by atoms with Crippen molar-refractivity contribution in [3.63, 3.8) is 0 Å². The van der Waals surface area contributed by atoms with Gasteiger partial charge in [-0.2, -0.15) is 0 Å². The lowest BCUT2D eigenvalue weighted by atomic mass is 10.0. The van der Waals surface area contributed by atoms with E-state index >= 15 is 0 Å². The van der Waals surface area contributed by atoms with Gasteiger partial charge in [0.25, 0.3) is 0 Å². The molecule has 0 saturated heterocycles. The quantitative estimate of drug-likeness (QED) is 0.819. The molecule has 0 aliphatic carbocycles. The van der Waals surface area contributed by atoms with E-state index in [1.807, 2.05) is 6.07 Å². The molecule has 1 aliphatic rings. The first-order valence-corrected chi connectivity index (χ1v) is 6.41. The normalized spacial score (nSPS) is 16.1. The Balaban J connectivity index is 2.12. The van der Waals surface area contributed by atoms with Crippen molar-refractivity contribution in [3.05, 3.63) is 23.3 Å². The number of rotatable bonds is 4. The fraction of sp³-hybridized carbons (Fsp3) is 0.571. The molecule has 0 atom stereocenters. The molecule has 2 N–H and O–H groups in total. The highest BCUT2D eigenvalue weighted by atomic mass is 16.5. The van der Waals surface area contributed by atoms with E-state index in [4.69, 9.17) is 15.2 Å². The van der Waals surface area contributed by atoms with E-state index in [9.17, 15) is 0 Å². The van der Waals surface area contributed by atoms with Crippen molar-refractivity contribution in [2.45, 2.75) is 12.8 Å². The van der Waals surface area contributed by atoms with Crippen LogP contribution in [0, 0.1) is 0 Å². The van der Waals surface area contributed by atoms with Crippen molar-refractivity contribution in [1.29, 1.82) is 0 Å². The van der Waals surface area contributed by atoms with Gasteiger partial charge in [-0.1, -0.05) is 6.07 Å². The van der Waals surface area contributed by atoms with Crippen molar-refractivity contribution in [1.82, 2.24) is 4.90 Å². The van der Waals surface area contributed by atoms with E-state index in [0.717, 1.165) is 50.5 Å². The molecule has 100 valence electrons. The van der Waals surface area contributed by atoms with E-state index in [2.05, 4.69) is 11.0 Å². The molecule has 0 saturated carbocycles. The van der Waals surface area contributed by atoms with Crippen molar-refractivity contribution in [2.75, 3.05) is 46.2 Å². The minimum atomic E-state index is 0.787. The Morgan fingerprint density at radius 2 is 2.00 bits per heavy atom. The number of nitrogen functional groups attached to an aromatic ring is 1. The molecule has 1 heterocycles. The fourth-order valence-corrected chi connectivity index (χ4v) is 2.50. The smallest absolute Gasteiger partial charge is 0.142 e. The van der Waals surface area contributed by atoms with Gasteiger partial charge >= 0.3 is 0 Å². The third-order valence-corrected chi connectivity index (χ3v) is 3.62. The van der Waals surface area contributed by atoms with Crippen molar-refractivity contribution >= 4 is 5.69 Å². The molecule has 4 nitrogen and oxygen atoms in total. The summed E-state index contributed by atoms with van der Waals surface area (Å²) in [6.07, 6.45) is 2.04. The van der Waals surface area contributed by atoms with Gasteiger partial charge in [-0.25, -0.2) is 0 Å². The lowest BCUT2D eigenvalue weighted by Gasteiger charge is -2.18. The summed E-state index contributed by atoms with van der Waals surface area (Å²) in [7, 11) is 3.41. The third kappa shape index (κ3) is 2.76. The molecule has 0 aromatic heterocycles. The van der Waals surface area contributed by atoms with Crippen LogP contribution in [0.3, 0.4) is 0 Å². The van der Waals surface area contributed by atoms with Gasteiger partial charge in [0.2, 0.25) is 0 Å². The van der Waals surface area contributed by atoms with Crippen LogP contribution in [0.25, 0.3) is 0 Å². The van der Waals surface area contributed by atoms with E-state index in [0.29, 0.717) is 0 Å². The maximum Gasteiger partial charge on any atom is 0.142 e. The van der Waals surface area contributed by atoms with Crippen molar-refractivity contribution in [3.8, 4) is 5.75 Å². The molecule has 0 fully saturated rings. The molecule has 0 bridgehead atoms. The zero-order valence-corrected chi connectivity index (χ0v) is 11.2. The van der Waals surface area contributed by atoms with Crippen LogP contribution in [0.2, 0.25) is 0 Å². The summed E-state index contributed by atoms with van der Waals surface area (Å²) in [5, 5.41) is 0. The monoisotopic (exact) mass is 250 g/mol. The number of methoxy groups -OCH3 is 2. The highest BCUT2D eigenvalue weighted by molar-refractivity contribution is 5.61. The number of anilines is 1. The Kier molecular flexibility index (Phi) is 4.44. The van der Waals surface area contributed by atoms with Crippen molar-refractivity contribution in [2.24, 2.45) is 0 Å². The summed E-state index contributed by atoms with van der Waals surface area (Å²) in [4.78, 5) is 2.43. The van der Waals surface area contributed by atoms with Crippen LogP contribution >= 0.6 is 0 Å². The molecular formula is C14H22N2O2. The lowest BCUT2D eigenvalue weighted by Crippen LogP contribution is -2.29. The molecule has 1 aromatic rings. The predicted molar refractivity (Wildman–Crippen MR) is 73.1 cm³/mol. The number of hydrogen-bond acceptors (Lipinski definition) is 4. The summed E-state index contributed by atoms with van der Waals surface area (Å²) in [5.74, 6) is 0.791. The summed E-state index contributed by atoms with van der Waals surface area (Å²) >= 11 is 0. The highest BCUT2D eigenvalue weighted by Crippen LogP contribution is 2.30. The first-order chi connectivity index (χ1) is 8.76. The second-order valence-electron chi connectivity index (χ2n) is 4.65. The van der Waals surface area contributed by atoms with Crippen LogP contribution in [0.15, 0.2) is 12.1 Å². The van der Waals surface area contributed by atoms with Crippen LogP contribution in [0.1, 0.15) is 11.1 Å². The lowest BCUT2D eigenvalue weighted by molar-refractivity contribution is 0.150. The van der Waals surface area contributed by atoms with Crippen LogP contribution in [0.4, 0.5) is 5.69 Å². The highest BCUT2D eigenvalue weighted by Gasteiger charge is 2.17. The minimum Gasteiger partial charge on any atom is -0.495 e. The minimum absolute atomic E-state index is 0.787. The van der Waals surface area contributed by atoms with E-state index in [1.165, 1.54) is 11.1 Å². The Hall–Kier alpha value is -1.26. The largest absolute Gasteiger partial charge is 0.495 e. The molecule has 18 heavy (non-hydrogen) atoms. The number of hydrogen-bond donors (Lipinski definition) is 1. The first-order valence-electron chi connectivity index (χ1n) is 6.41. The average Bonchev–Trinajstić information content (AvgIpc) is 2.60. The van der Waals surface area contributed by atoms with E-state index in [-0.39, 0.29) is 0 Å². The third-order valence-electron chi connectivity index (χ3n) is 3.62. The number of benzene rings is 1. The Labute approximate surface area is 109 Å². The topological polar surface area (TPSA) is 47.7 Å². The first kappa shape index (κ1) is 13.2. The van der Waals surface area contributed by atoms with E-state index in [1.54, 1.807) is 14.2 Å². The van der Waals surface area contributed by atoms with Gasteiger partial charge in [0.15, 0.2) is 0 Å². The van der Waals surface area contributed by atoms with Crippen LogP contribution in [0.5, 0.6) is 5.75 Å². The van der Waals surface area contributed by atoms with Gasteiger partial charge in [0.05, 0.1) is 19.4 Å². The number of nitrogens with two attached hydrogens (primary N) is 1. The van der Waals surface area contributed by atoms with Crippen LogP contribution < -0.4 is 10.5 Å². The number of ether oxygens (including phenoxy) is 2. The number of fused-ring (bicyclic) bond motifs is 1. The molecule has 2 rings (SSSR count). The Bertz CT molecular complexity index is 407. The maximum absolute atomic E-state index is 6.16. The Morgan fingerprint density at radius 1 is 1.22 bits per heavy atom. The predicted octanol–water partition coefficient (Wildman–Crippen LogP) is 1.32. The van der Waals surface area contributed by atoms with Gasteiger partial charge in [-0.05, 0) is 30.0 Å². The van der Waals surface area contributed by atoms with Gasteiger partial charge < -0.3 is 20.1 Å². The zero-order chi connectivity index (χ0) is 13.0. The van der Waals surface area contributed by atoms with Crippen molar-refractivity contribution < 1.29 is 9.47 Å². The van der Waals surface area contributed by atoms with E-state index < -0.39 is 0 Å². The van der Waals surface area contributed by atoms with Gasteiger partial charge in [-0.3, -0.25) is 0 Å². The second kappa shape index (κ2) is 6.07. The zero-order valence-electron chi connectivity index (χ0n) is 11.2. The number of nitrogens with zero attached hydrogens (tertiary/aromatic N) is 1. The molecule has 0 unspecified atom stereocenters. The molecule has 0 spiro atoms. The maximum atomic E-state index is 6.16. The van der Waals surface area contributed by atoms with Gasteiger partial charge in [-0.15, -0.1) is 0 Å². The Morgan fingerprint density at radius 3 is 2.72 bits per heavy atom. The fourth-order valence-electron chi connectivity index (χ4n) is 2.50. The standard InChI is InChI=1S/C14H22N2O2/c1-17-10-9-16-7-5-11-3-4-13(18-2)14(15)12(11)6-8-16/h3-4H,5-10,15H2,1-2H3. The molecule has 0 radical (unpaired) electrons. The summed E-state index contributed by atoms with van der Waals surface area (Å²) in [6, 6.07) is 4.11.